The van der Waals surface area contributed by atoms with Crippen molar-refractivity contribution in [1.29, 1.82) is 0 Å². The monoisotopic (exact) mass is 562 g/mol. The van der Waals surface area contributed by atoms with Gasteiger partial charge in [-0.2, -0.15) is 0 Å². The zero-order valence-corrected chi connectivity index (χ0v) is 24.9. The van der Waals surface area contributed by atoms with Gasteiger partial charge in [-0.05, 0) is 97.7 Å². The molecule has 2 heteroatoms. The molecule has 0 saturated heterocycles. The van der Waals surface area contributed by atoms with Crippen LogP contribution in [0.15, 0.2) is 121 Å². The molecule has 0 radical (unpaired) electrons. The molecule has 43 heavy (non-hydrogen) atoms. The summed E-state index contributed by atoms with van der Waals surface area (Å²) in [5, 5.41) is 5.10. The van der Waals surface area contributed by atoms with E-state index in [0.717, 1.165) is 11.5 Å². The van der Waals surface area contributed by atoms with Crippen LogP contribution in [0.4, 0.5) is 0 Å². The fraction of sp³-hybridized carbons (Fsp3) is 0.220. The van der Waals surface area contributed by atoms with Gasteiger partial charge < -0.3 is 9.47 Å². The van der Waals surface area contributed by atoms with Crippen molar-refractivity contribution < 1.29 is 9.47 Å². The van der Waals surface area contributed by atoms with Gasteiger partial charge in [-0.1, -0.05) is 118 Å². The molecule has 6 aromatic carbocycles. The summed E-state index contributed by atoms with van der Waals surface area (Å²) < 4.78 is 12.4. The lowest BCUT2D eigenvalue weighted by Gasteiger charge is -2.17. The summed E-state index contributed by atoms with van der Waals surface area (Å²) in [7, 11) is 0. The van der Waals surface area contributed by atoms with Gasteiger partial charge in [0.15, 0.2) is 0 Å². The zero-order chi connectivity index (χ0) is 29.0. The first-order valence-electron chi connectivity index (χ1n) is 15.7. The molecule has 214 valence electrons. The fourth-order valence-electron chi connectivity index (χ4n) is 6.65. The van der Waals surface area contributed by atoms with Gasteiger partial charge in [-0.3, -0.25) is 0 Å². The van der Waals surface area contributed by atoms with E-state index < -0.39 is 0 Å². The van der Waals surface area contributed by atoms with E-state index in [1.807, 2.05) is 12.1 Å². The maximum absolute atomic E-state index is 6.21. The second-order valence-electron chi connectivity index (χ2n) is 11.8. The van der Waals surface area contributed by atoms with Crippen molar-refractivity contribution in [3.63, 3.8) is 0 Å². The van der Waals surface area contributed by atoms with Gasteiger partial charge in [-0.25, -0.2) is 0 Å². The van der Waals surface area contributed by atoms with Gasteiger partial charge in [-0.15, -0.1) is 0 Å². The van der Waals surface area contributed by atoms with Crippen molar-refractivity contribution in [3.8, 4) is 22.6 Å². The minimum absolute atomic E-state index is 0.389. The second kappa shape index (κ2) is 12.4. The first-order chi connectivity index (χ1) is 21.3. The van der Waals surface area contributed by atoms with E-state index in [-0.39, 0.29) is 0 Å². The minimum Gasteiger partial charge on any atom is -0.489 e. The number of benzene rings is 6. The summed E-state index contributed by atoms with van der Waals surface area (Å²) in [4.78, 5) is 0. The largest absolute Gasteiger partial charge is 0.489 e. The second-order valence-corrected chi connectivity index (χ2v) is 11.8. The predicted octanol–water partition coefficient (Wildman–Crippen LogP) is 11.2. The van der Waals surface area contributed by atoms with E-state index in [9.17, 15) is 0 Å². The van der Waals surface area contributed by atoms with E-state index in [0.29, 0.717) is 19.1 Å². The van der Waals surface area contributed by atoms with E-state index >= 15 is 0 Å². The Morgan fingerprint density at radius 3 is 1.88 bits per heavy atom. The Hall–Kier alpha value is -4.56. The molecule has 2 nitrogen and oxygen atoms in total. The Morgan fingerprint density at radius 2 is 1.19 bits per heavy atom. The number of rotatable bonds is 11. The van der Waals surface area contributed by atoms with Crippen LogP contribution in [0.1, 0.15) is 67.2 Å². The van der Waals surface area contributed by atoms with Crippen LogP contribution in [-0.2, 0) is 13.2 Å². The van der Waals surface area contributed by atoms with E-state index in [2.05, 4.69) is 116 Å². The van der Waals surface area contributed by atoms with E-state index in [1.54, 1.807) is 0 Å². The Labute approximate surface area is 254 Å². The van der Waals surface area contributed by atoms with Crippen molar-refractivity contribution in [2.75, 3.05) is 0 Å². The summed E-state index contributed by atoms with van der Waals surface area (Å²) >= 11 is 0. The summed E-state index contributed by atoms with van der Waals surface area (Å²) in [6.07, 6.45) is 6.24. The van der Waals surface area contributed by atoms with Crippen LogP contribution >= 0.6 is 0 Å². The Balaban J connectivity index is 1.22. The van der Waals surface area contributed by atoms with Crippen LogP contribution in [0, 0.1) is 0 Å². The van der Waals surface area contributed by atoms with Crippen molar-refractivity contribution in [2.24, 2.45) is 0 Å². The predicted molar refractivity (Wildman–Crippen MR) is 179 cm³/mol. The third kappa shape index (κ3) is 5.75. The van der Waals surface area contributed by atoms with Crippen LogP contribution in [0.5, 0.6) is 11.5 Å². The lowest BCUT2D eigenvalue weighted by atomic mass is 9.87. The minimum atomic E-state index is 0.389. The van der Waals surface area contributed by atoms with Gasteiger partial charge >= 0.3 is 0 Å². The maximum atomic E-state index is 6.21. The number of fused-ring (bicyclic) bond motifs is 6. The van der Waals surface area contributed by atoms with E-state index in [1.165, 1.54) is 87.0 Å². The van der Waals surface area contributed by atoms with Gasteiger partial charge in [0.25, 0.3) is 0 Å². The topological polar surface area (TPSA) is 18.5 Å². The quantitative estimate of drug-likeness (QED) is 0.146. The molecule has 0 amide bonds. The fourth-order valence-corrected chi connectivity index (χ4v) is 6.65. The van der Waals surface area contributed by atoms with Crippen LogP contribution in [0.2, 0.25) is 0 Å². The summed E-state index contributed by atoms with van der Waals surface area (Å²) in [6, 6.07) is 43.4. The number of hydrogen-bond acceptors (Lipinski definition) is 2. The molecule has 0 aromatic heterocycles. The number of ether oxygens (including phenoxy) is 2. The van der Waals surface area contributed by atoms with Crippen molar-refractivity contribution >= 4 is 21.5 Å². The normalized spacial score (nSPS) is 13.7. The third-order valence-electron chi connectivity index (χ3n) is 8.87. The van der Waals surface area contributed by atoms with Crippen LogP contribution in [-0.4, -0.2) is 0 Å². The Bertz CT molecular complexity index is 1860. The molecule has 6 aromatic rings. The lowest BCUT2D eigenvalue weighted by molar-refractivity contribution is 0.306. The van der Waals surface area contributed by atoms with Crippen LogP contribution < -0.4 is 9.47 Å². The molecule has 0 spiro atoms. The molecule has 1 atom stereocenters. The summed E-state index contributed by atoms with van der Waals surface area (Å²) in [5.41, 5.74) is 8.06. The summed E-state index contributed by atoms with van der Waals surface area (Å²) in [6.45, 7) is 3.44. The SMILES string of the molecule is CCCCCCC1c2cc3cc(OCc4ccccc4)ccc3cc2-c2ccc3cc(OCc4ccccc4)ccc3c21. The molecule has 0 heterocycles. The first-order valence-corrected chi connectivity index (χ1v) is 15.7. The number of unbranched alkanes of at least 4 members (excludes halogenated alkanes) is 3. The van der Waals surface area contributed by atoms with Gasteiger partial charge in [0, 0.05) is 5.92 Å². The molecule has 0 N–H and O–H groups in total. The van der Waals surface area contributed by atoms with Crippen molar-refractivity contribution in [1.82, 2.24) is 0 Å². The van der Waals surface area contributed by atoms with Gasteiger partial charge in [0.2, 0.25) is 0 Å². The molecular weight excluding hydrogens is 524 g/mol. The molecule has 0 aliphatic heterocycles. The highest BCUT2D eigenvalue weighted by molar-refractivity contribution is 6.00. The van der Waals surface area contributed by atoms with Crippen molar-refractivity contribution in [3.05, 3.63) is 144 Å². The first kappa shape index (κ1) is 27.3. The van der Waals surface area contributed by atoms with E-state index in [4.69, 9.17) is 9.47 Å². The third-order valence-corrected chi connectivity index (χ3v) is 8.87. The Morgan fingerprint density at radius 1 is 0.535 bits per heavy atom. The smallest absolute Gasteiger partial charge is 0.120 e. The molecule has 0 fully saturated rings. The molecular formula is C41H38O2. The standard InChI is InChI=1S/C41H38O2/c1-2-3-4-11-16-37-40-26-33-24-34(42-27-29-12-7-5-8-13-29)19-17-31(33)25-39(40)38-21-18-32-23-35(20-22-36(32)41(37)38)43-28-30-14-9-6-10-15-30/h5-10,12-15,17-26,37H,2-4,11,16,27-28H2,1H3. The average Bonchev–Trinajstić information content (AvgIpc) is 3.37. The highest BCUT2D eigenvalue weighted by Crippen LogP contribution is 2.51. The number of hydrogen-bond donors (Lipinski definition) is 0. The maximum Gasteiger partial charge on any atom is 0.120 e. The molecule has 1 unspecified atom stereocenters. The molecule has 1 aliphatic rings. The Kier molecular flexibility index (Phi) is 7.84. The van der Waals surface area contributed by atoms with Gasteiger partial charge in [0.1, 0.15) is 24.7 Å². The highest BCUT2D eigenvalue weighted by Gasteiger charge is 2.30. The molecule has 0 bridgehead atoms. The van der Waals surface area contributed by atoms with Crippen LogP contribution in [0.3, 0.4) is 0 Å². The zero-order valence-electron chi connectivity index (χ0n) is 24.9. The van der Waals surface area contributed by atoms with Crippen molar-refractivity contribution in [2.45, 2.75) is 58.2 Å². The average molecular weight is 563 g/mol. The molecule has 0 saturated carbocycles. The summed E-state index contributed by atoms with van der Waals surface area (Å²) in [5.74, 6) is 2.22. The molecule has 1 aliphatic carbocycles. The van der Waals surface area contributed by atoms with Gasteiger partial charge in [0.05, 0.1) is 0 Å². The lowest BCUT2D eigenvalue weighted by Crippen LogP contribution is -1.99. The highest BCUT2D eigenvalue weighted by atomic mass is 16.5. The van der Waals surface area contributed by atoms with Crippen LogP contribution in [0.25, 0.3) is 32.7 Å². The molecule has 7 rings (SSSR count).